The summed E-state index contributed by atoms with van der Waals surface area (Å²) in [6.45, 7) is 4.37. The molecule has 0 aliphatic carbocycles. The summed E-state index contributed by atoms with van der Waals surface area (Å²) >= 11 is 0. The number of aryl methyl sites for hydroxylation is 2. The van der Waals surface area contributed by atoms with Gasteiger partial charge in [0.2, 0.25) is 0 Å². The third kappa shape index (κ3) is 3.05. The van der Waals surface area contributed by atoms with Gasteiger partial charge in [-0.1, -0.05) is 72.8 Å². The number of hydrogen-bond donors (Lipinski definition) is 0. The molecule has 0 aromatic heterocycles. The van der Waals surface area contributed by atoms with Gasteiger partial charge in [0.1, 0.15) is 0 Å². The van der Waals surface area contributed by atoms with Gasteiger partial charge < -0.3 is 0 Å². The van der Waals surface area contributed by atoms with Crippen molar-refractivity contribution in [2.24, 2.45) is 0 Å². The third-order valence-electron chi connectivity index (χ3n) is 3.95. The van der Waals surface area contributed by atoms with Crippen LogP contribution in [0.3, 0.4) is 0 Å². The van der Waals surface area contributed by atoms with Crippen LogP contribution in [0.5, 0.6) is 0 Å². The summed E-state index contributed by atoms with van der Waals surface area (Å²) in [5.41, 5.74) is 8.09. The Bertz CT molecular complexity index is 719. The van der Waals surface area contributed by atoms with Crippen molar-refractivity contribution in [1.29, 1.82) is 0 Å². The molecule has 0 fully saturated rings. The smallest absolute Gasteiger partial charge is 0.00256 e. The van der Waals surface area contributed by atoms with E-state index in [0.717, 1.165) is 6.42 Å². The second kappa shape index (κ2) is 5.97. The van der Waals surface area contributed by atoms with Crippen molar-refractivity contribution in [3.8, 4) is 11.1 Å². The van der Waals surface area contributed by atoms with Crippen LogP contribution in [0.25, 0.3) is 11.1 Å². The second-order valence-electron chi connectivity index (χ2n) is 5.63. The minimum Gasteiger partial charge on any atom is -0.0622 e. The first-order valence-corrected chi connectivity index (χ1v) is 7.43. The molecule has 3 aromatic carbocycles. The minimum absolute atomic E-state index is 0.986. The van der Waals surface area contributed by atoms with Gasteiger partial charge in [-0.25, -0.2) is 0 Å². The van der Waals surface area contributed by atoms with Crippen LogP contribution < -0.4 is 0 Å². The van der Waals surface area contributed by atoms with E-state index in [1.807, 2.05) is 0 Å². The lowest BCUT2D eigenvalue weighted by Crippen LogP contribution is -1.91. The summed E-state index contributed by atoms with van der Waals surface area (Å²) in [6.07, 6.45) is 0.986. The molecule has 0 saturated carbocycles. The fraction of sp³-hybridized carbons (Fsp3) is 0.143. The molecule has 0 aliphatic rings. The van der Waals surface area contributed by atoms with E-state index < -0.39 is 0 Å². The fourth-order valence-corrected chi connectivity index (χ4v) is 2.94. The summed E-state index contributed by atoms with van der Waals surface area (Å²) in [7, 11) is 0. The zero-order valence-electron chi connectivity index (χ0n) is 12.6. The predicted octanol–water partition coefficient (Wildman–Crippen LogP) is 5.56. The van der Waals surface area contributed by atoms with E-state index in [1.165, 1.54) is 33.4 Å². The van der Waals surface area contributed by atoms with E-state index in [4.69, 9.17) is 0 Å². The van der Waals surface area contributed by atoms with Gasteiger partial charge in [0.05, 0.1) is 0 Å². The fourth-order valence-electron chi connectivity index (χ4n) is 2.94. The largest absolute Gasteiger partial charge is 0.0622 e. The Labute approximate surface area is 127 Å². The molecule has 0 bridgehead atoms. The van der Waals surface area contributed by atoms with Crippen LogP contribution in [0.1, 0.15) is 22.3 Å². The molecular formula is C21H20. The van der Waals surface area contributed by atoms with E-state index in [-0.39, 0.29) is 0 Å². The first-order chi connectivity index (χ1) is 10.2. The van der Waals surface area contributed by atoms with Crippen molar-refractivity contribution in [3.05, 3.63) is 95.1 Å². The molecule has 3 rings (SSSR count). The molecule has 21 heavy (non-hydrogen) atoms. The van der Waals surface area contributed by atoms with Crippen molar-refractivity contribution < 1.29 is 0 Å². The highest BCUT2D eigenvalue weighted by Gasteiger charge is 2.06. The Morgan fingerprint density at radius 1 is 0.619 bits per heavy atom. The molecule has 3 aromatic rings. The summed E-state index contributed by atoms with van der Waals surface area (Å²) in [6, 6.07) is 26.1. The van der Waals surface area contributed by atoms with Crippen LogP contribution in [0, 0.1) is 13.8 Å². The lowest BCUT2D eigenvalue weighted by Gasteiger charge is -2.11. The molecule has 0 saturated heterocycles. The highest BCUT2D eigenvalue weighted by Crippen LogP contribution is 2.28. The van der Waals surface area contributed by atoms with Gasteiger partial charge in [-0.3, -0.25) is 0 Å². The van der Waals surface area contributed by atoms with Crippen molar-refractivity contribution in [1.82, 2.24) is 0 Å². The zero-order chi connectivity index (χ0) is 14.7. The maximum Gasteiger partial charge on any atom is -0.00256 e. The van der Waals surface area contributed by atoms with Gasteiger partial charge >= 0.3 is 0 Å². The van der Waals surface area contributed by atoms with Gasteiger partial charge in [0.25, 0.3) is 0 Å². The summed E-state index contributed by atoms with van der Waals surface area (Å²) in [5.74, 6) is 0. The van der Waals surface area contributed by atoms with E-state index in [9.17, 15) is 0 Å². The maximum atomic E-state index is 2.32. The van der Waals surface area contributed by atoms with Crippen LogP contribution in [0.15, 0.2) is 72.8 Å². The van der Waals surface area contributed by atoms with Crippen LogP contribution in [0.4, 0.5) is 0 Å². The Balaban J connectivity index is 1.97. The van der Waals surface area contributed by atoms with Gasteiger partial charge in [0, 0.05) is 0 Å². The standard InChI is InChI=1S/C21H20/c1-16-8-6-9-17(2)21(16)20-13-7-12-19(15-20)14-18-10-4-3-5-11-18/h3-13,15H,14H2,1-2H3. The Morgan fingerprint density at radius 3 is 1.95 bits per heavy atom. The van der Waals surface area contributed by atoms with Crippen molar-refractivity contribution in [2.75, 3.05) is 0 Å². The summed E-state index contributed by atoms with van der Waals surface area (Å²) in [4.78, 5) is 0. The molecule has 0 heterocycles. The molecule has 0 radical (unpaired) electrons. The highest BCUT2D eigenvalue weighted by molar-refractivity contribution is 5.71. The molecular weight excluding hydrogens is 252 g/mol. The average molecular weight is 272 g/mol. The minimum atomic E-state index is 0.986. The average Bonchev–Trinajstić information content (AvgIpc) is 2.48. The number of rotatable bonds is 3. The van der Waals surface area contributed by atoms with Crippen molar-refractivity contribution in [3.63, 3.8) is 0 Å². The topological polar surface area (TPSA) is 0 Å². The molecule has 0 spiro atoms. The molecule has 0 amide bonds. The number of hydrogen-bond acceptors (Lipinski definition) is 0. The third-order valence-corrected chi connectivity index (χ3v) is 3.95. The first kappa shape index (κ1) is 13.6. The highest BCUT2D eigenvalue weighted by atomic mass is 14.1. The Morgan fingerprint density at radius 2 is 1.24 bits per heavy atom. The molecule has 0 N–H and O–H groups in total. The lowest BCUT2D eigenvalue weighted by atomic mass is 9.93. The van der Waals surface area contributed by atoms with Gasteiger partial charge in [0.15, 0.2) is 0 Å². The van der Waals surface area contributed by atoms with Crippen molar-refractivity contribution >= 4 is 0 Å². The predicted molar refractivity (Wildman–Crippen MR) is 90.6 cm³/mol. The maximum absolute atomic E-state index is 2.32. The molecule has 0 atom stereocenters. The van der Waals surface area contributed by atoms with Crippen LogP contribution in [0.2, 0.25) is 0 Å². The van der Waals surface area contributed by atoms with Crippen LogP contribution in [-0.4, -0.2) is 0 Å². The van der Waals surface area contributed by atoms with E-state index >= 15 is 0 Å². The number of benzene rings is 3. The molecule has 0 nitrogen and oxygen atoms in total. The summed E-state index contributed by atoms with van der Waals surface area (Å²) in [5, 5.41) is 0. The van der Waals surface area contributed by atoms with Gasteiger partial charge in [-0.2, -0.15) is 0 Å². The zero-order valence-corrected chi connectivity index (χ0v) is 12.6. The molecule has 0 unspecified atom stereocenters. The van der Waals surface area contributed by atoms with Crippen LogP contribution in [-0.2, 0) is 6.42 Å². The van der Waals surface area contributed by atoms with E-state index in [2.05, 4.69) is 86.6 Å². The lowest BCUT2D eigenvalue weighted by molar-refractivity contribution is 1.19. The monoisotopic (exact) mass is 272 g/mol. The van der Waals surface area contributed by atoms with E-state index in [0.29, 0.717) is 0 Å². The molecule has 104 valence electrons. The Hall–Kier alpha value is -2.34. The van der Waals surface area contributed by atoms with Crippen LogP contribution >= 0.6 is 0 Å². The van der Waals surface area contributed by atoms with Crippen molar-refractivity contribution in [2.45, 2.75) is 20.3 Å². The van der Waals surface area contributed by atoms with E-state index in [1.54, 1.807) is 0 Å². The van der Waals surface area contributed by atoms with Gasteiger partial charge in [-0.15, -0.1) is 0 Å². The molecule has 0 heteroatoms. The first-order valence-electron chi connectivity index (χ1n) is 7.43. The quantitative estimate of drug-likeness (QED) is 0.585. The molecule has 0 aliphatic heterocycles. The second-order valence-corrected chi connectivity index (χ2v) is 5.63. The Kier molecular flexibility index (Phi) is 3.87. The SMILES string of the molecule is Cc1cccc(C)c1-c1cccc(Cc2ccccc2)c1. The summed E-state index contributed by atoms with van der Waals surface area (Å²) < 4.78 is 0. The van der Waals surface area contributed by atoms with Gasteiger partial charge in [-0.05, 0) is 53.6 Å². The normalized spacial score (nSPS) is 10.6.